The number of hydrogen-bond donors (Lipinski definition) is 0. The summed E-state index contributed by atoms with van der Waals surface area (Å²) in [5, 5.41) is 0. The lowest BCUT2D eigenvalue weighted by atomic mass is 10.1. The lowest BCUT2D eigenvalue weighted by Crippen LogP contribution is -2.10. The molecule has 0 unspecified atom stereocenters. The highest BCUT2D eigenvalue weighted by Gasteiger charge is 2.11. The van der Waals surface area contributed by atoms with Crippen LogP contribution < -0.4 is 9.47 Å². The van der Waals surface area contributed by atoms with Crippen molar-refractivity contribution in [2.24, 2.45) is 0 Å². The first-order valence-electron chi connectivity index (χ1n) is 8.11. The lowest BCUT2D eigenvalue weighted by molar-refractivity contribution is -0.134. The van der Waals surface area contributed by atoms with Gasteiger partial charge in [0.2, 0.25) is 0 Å². The molecule has 0 aliphatic heterocycles. The largest absolute Gasteiger partial charge is 0.493 e. The molecule has 0 atom stereocenters. The maximum absolute atomic E-state index is 12.1. The third-order valence-corrected chi connectivity index (χ3v) is 3.91. The van der Waals surface area contributed by atoms with Crippen LogP contribution in [0.25, 0.3) is 0 Å². The summed E-state index contributed by atoms with van der Waals surface area (Å²) in [4.78, 5) is 12.1. The molecule has 0 bridgehead atoms. The van der Waals surface area contributed by atoms with Gasteiger partial charge in [0.25, 0.3) is 0 Å². The van der Waals surface area contributed by atoms with E-state index in [0.717, 1.165) is 24.0 Å². The molecule has 0 amide bonds. The van der Waals surface area contributed by atoms with Gasteiger partial charge >= 0.3 is 5.97 Å². The van der Waals surface area contributed by atoms with Gasteiger partial charge in [0, 0.05) is 6.42 Å². The summed E-state index contributed by atoms with van der Waals surface area (Å²) < 4.78 is 10.7. The van der Waals surface area contributed by atoms with Crippen molar-refractivity contribution in [1.82, 2.24) is 0 Å². The summed E-state index contributed by atoms with van der Waals surface area (Å²) >= 11 is 0. The molecule has 0 radical (unpaired) electrons. The molecule has 0 saturated heterocycles. The second kappa shape index (κ2) is 8.37. The van der Waals surface area contributed by atoms with Crippen molar-refractivity contribution in [3.8, 4) is 11.5 Å². The van der Waals surface area contributed by atoms with E-state index in [0.29, 0.717) is 24.3 Å². The summed E-state index contributed by atoms with van der Waals surface area (Å²) in [7, 11) is 1.58. The standard InChI is InChI=1S/C20H24O3/c1-4-15-6-8-17(9-7-15)11-13-20(21)23-18-12-10-16(5-2)14-19(18)22-3/h6-10,12,14H,4-5,11,13H2,1-3H3. The van der Waals surface area contributed by atoms with E-state index in [9.17, 15) is 4.79 Å². The predicted molar refractivity (Wildman–Crippen MR) is 92.1 cm³/mol. The summed E-state index contributed by atoms with van der Waals surface area (Å²) in [5.74, 6) is 0.841. The second-order valence-electron chi connectivity index (χ2n) is 5.48. The number of aryl methyl sites for hydroxylation is 3. The predicted octanol–water partition coefficient (Wildman–Crippen LogP) is 4.36. The number of carbonyl (C=O) groups is 1. The molecule has 3 nitrogen and oxygen atoms in total. The van der Waals surface area contributed by atoms with Crippen LogP contribution in [0.3, 0.4) is 0 Å². The average Bonchev–Trinajstić information content (AvgIpc) is 2.60. The number of benzene rings is 2. The Balaban J connectivity index is 1.93. The van der Waals surface area contributed by atoms with Crippen molar-refractivity contribution in [2.45, 2.75) is 39.5 Å². The fraction of sp³-hybridized carbons (Fsp3) is 0.350. The van der Waals surface area contributed by atoms with Gasteiger partial charge in [-0.3, -0.25) is 4.79 Å². The van der Waals surface area contributed by atoms with E-state index in [1.165, 1.54) is 5.56 Å². The summed E-state index contributed by atoms with van der Waals surface area (Å²) in [6.45, 7) is 4.20. The molecule has 0 heterocycles. The van der Waals surface area contributed by atoms with E-state index in [1.807, 2.05) is 12.1 Å². The lowest BCUT2D eigenvalue weighted by Gasteiger charge is -2.10. The molecule has 0 N–H and O–H groups in total. The normalized spacial score (nSPS) is 10.4. The van der Waals surface area contributed by atoms with Crippen LogP contribution in [0.15, 0.2) is 42.5 Å². The van der Waals surface area contributed by atoms with E-state index in [-0.39, 0.29) is 5.97 Å². The zero-order valence-electron chi connectivity index (χ0n) is 14.1. The van der Waals surface area contributed by atoms with Crippen LogP contribution >= 0.6 is 0 Å². The second-order valence-corrected chi connectivity index (χ2v) is 5.48. The molecule has 2 aromatic carbocycles. The molecule has 3 heteroatoms. The molecule has 0 aromatic heterocycles. The Labute approximate surface area is 138 Å². The molecule has 2 rings (SSSR count). The van der Waals surface area contributed by atoms with Crippen LogP contribution in [-0.2, 0) is 24.1 Å². The number of ether oxygens (including phenoxy) is 2. The van der Waals surface area contributed by atoms with E-state index in [4.69, 9.17) is 9.47 Å². The zero-order valence-corrected chi connectivity index (χ0v) is 14.1. The Morgan fingerprint density at radius 2 is 1.48 bits per heavy atom. The van der Waals surface area contributed by atoms with Crippen LogP contribution in [0.2, 0.25) is 0 Å². The number of carbonyl (C=O) groups excluding carboxylic acids is 1. The van der Waals surface area contributed by atoms with Crippen LogP contribution in [0, 0.1) is 0 Å². The van der Waals surface area contributed by atoms with Crippen molar-refractivity contribution < 1.29 is 14.3 Å². The first-order chi connectivity index (χ1) is 11.2. The SMILES string of the molecule is CCc1ccc(CCC(=O)Oc2ccc(CC)cc2OC)cc1. The summed E-state index contributed by atoms with van der Waals surface area (Å²) in [5.41, 5.74) is 3.60. The number of methoxy groups -OCH3 is 1. The van der Waals surface area contributed by atoms with Crippen LogP contribution in [-0.4, -0.2) is 13.1 Å². The Kier molecular flexibility index (Phi) is 6.21. The highest BCUT2D eigenvalue weighted by molar-refractivity contribution is 5.73. The Morgan fingerprint density at radius 1 is 0.870 bits per heavy atom. The van der Waals surface area contributed by atoms with Gasteiger partial charge in [-0.1, -0.05) is 44.2 Å². The molecule has 0 fully saturated rings. The first kappa shape index (κ1) is 17.1. The van der Waals surface area contributed by atoms with Gasteiger partial charge in [-0.25, -0.2) is 0 Å². The van der Waals surface area contributed by atoms with Gasteiger partial charge in [0.05, 0.1) is 7.11 Å². The van der Waals surface area contributed by atoms with Gasteiger partial charge in [-0.2, -0.15) is 0 Å². The molecule has 2 aromatic rings. The Bertz CT molecular complexity index is 644. The highest BCUT2D eigenvalue weighted by atomic mass is 16.6. The van der Waals surface area contributed by atoms with Gasteiger partial charge in [-0.15, -0.1) is 0 Å². The molecular weight excluding hydrogens is 288 g/mol. The zero-order chi connectivity index (χ0) is 16.7. The van der Waals surface area contributed by atoms with Crippen LogP contribution in [0.1, 0.15) is 37.0 Å². The van der Waals surface area contributed by atoms with Crippen molar-refractivity contribution >= 4 is 5.97 Å². The van der Waals surface area contributed by atoms with Crippen molar-refractivity contribution in [3.63, 3.8) is 0 Å². The molecule has 23 heavy (non-hydrogen) atoms. The average molecular weight is 312 g/mol. The van der Waals surface area contributed by atoms with Gasteiger partial charge in [0.15, 0.2) is 11.5 Å². The topological polar surface area (TPSA) is 35.5 Å². The van der Waals surface area contributed by atoms with Gasteiger partial charge in [0.1, 0.15) is 0 Å². The minimum Gasteiger partial charge on any atom is -0.493 e. The van der Waals surface area contributed by atoms with Crippen molar-refractivity contribution in [1.29, 1.82) is 0 Å². The number of hydrogen-bond acceptors (Lipinski definition) is 3. The maximum atomic E-state index is 12.1. The maximum Gasteiger partial charge on any atom is 0.311 e. The molecule has 122 valence electrons. The molecule has 0 aliphatic carbocycles. The third-order valence-electron chi connectivity index (χ3n) is 3.91. The molecule has 0 spiro atoms. The Morgan fingerprint density at radius 3 is 2.09 bits per heavy atom. The summed E-state index contributed by atoms with van der Waals surface area (Å²) in [6, 6.07) is 14.0. The van der Waals surface area contributed by atoms with Crippen LogP contribution in [0.4, 0.5) is 0 Å². The van der Waals surface area contributed by atoms with Crippen LogP contribution in [0.5, 0.6) is 11.5 Å². The molecule has 0 aliphatic rings. The van der Waals surface area contributed by atoms with Gasteiger partial charge < -0.3 is 9.47 Å². The number of rotatable bonds is 7. The first-order valence-corrected chi connectivity index (χ1v) is 8.11. The van der Waals surface area contributed by atoms with Crippen molar-refractivity contribution in [2.75, 3.05) is 7.11 Å². The highest BCUT2D eigenvalue weighted by Crippen LogP contribution is 2.28. The van der Waals surface area contributed by atoms with Gasteiger partial charge in [-0.05, 0) is 48.1 Å². The molecular formula is C20H24O3. The fourth-order valence-electron chi connectivity index (χ4n) is 2.38. The quantitative estimate of drug-likeness (QED) is 0.563. The van der Waals surface area contributed by atoms with E-state index < -0.39 is 0 Å². The van der Waals surface area contributed by atoms with E-state index in [2.05, 4.69) is 38.1 Å². The summed E-state index contributed by atoms with van der Waals surface area (Å²) in [6.07, 6.45) is 2.97. The minimum atomic E-state index is -0.243. The monoisotopic (exact) mass is 312 g/mol. The van der Waals surface area contributed by atoms with Crippen molar-refractivity contribution in [3.05, 3.63) is 59.2 Å². The molecule has 0 saturated carbocycles. The smallest absolute Gasteiger partial charge is 0.311 e. The minimum absolute atomic E-state index is 0.243. The Hall–Kier alpha value is -2.29. The van der Waals surface area contributed by atoms with E-state index >= 15 is 0 Å². The number of esters is 1. The third kappa shape index (κ3) is 4.85. The van der Waals surface area contributed by atoms with E-state index in [1.54, 1.807) is 13.2 Å². The fourth-order valence-corrected chi connectivity index (χ4v) is 2.38.